The van der Waals surface area contributed by atoms with Crippen molar-refractivity contribution in [3.63, 3.8) is 0 Å². The van der Waals surface area contributed by atoms with Crippen molar-refractivity contribution in [2.24, 2.45) is 7.05 Å². The standard InChI is InChI=1S/C6H10N2O3S/c1-5-4-6(8(2)7-5)11-12(3,9)10/h4H,1-3H3. The molecule has 0 atom stereocenters. The largest absolute Gasteiger partial charge is 0.362 e. The monoisotopic (exact) mass is 190 g/mol. The predicted octanol–water partition coefficient (Wildman–Crippen LogP) is 0.0669. The van der Waals surface area contributed by atoms with Crippen molar-refractivity contribution in [3.05, 3.63) is 11.8 Å². The van der Waals surface area contributed by atoms with Gasteiger partial charge >= 0.3 is 10.1 Å². The molecule has 0 spiro atoms. The van der Waals surface area contributed by atoms with Gasteiger partial charge in [0.25, 0.3) is 0 Å². The summed E-state index contributed by atoms with van der Waals surface area (Å²) in [6.07, 6.45) is 0.995. The lowest BCUT2D eigenvalue weighted by atomic mass is 10.5. The Morgan fingerprint density at radius 1 is 1.58 bits per heavy atom. The van der Waals surface area contributed by atoms with Gasteiger partial charge < -0.3 is 4.18 Å². The highest BCUT2D eigenvalue weighted by Crippen LogP contribution is 2.12. The molecule has 5 nitrogen and oxygen atoms in total. The fraction of sp³-hybridized carbons (Fsp3) is 0.500. The minimum absolute atomic E-state index is 0.231. The summed E-state index contributed by atoms with van der Waals surface area (Å²) in [5, 5.41) is 3.92. The number of aryl methyl sites for hydroxylation is 2. The summed E-state index contributed by atoms with van der Waals surface area (Å²) in [7, 11) is -1.83. The van der Waals surface area contributed by atoms with Crippen LogP contribution in [0.1, 0.15) is 5.69 Å². The topological polar surface area (TPSA) is 61.2 Å². The van der Waals surface area contributed by atoms with Gasteiger partial charge in [-0.15, -0.1) is 0 Å². The summed E-state index contributed by atoms with van der Waals surface area (Å²) in [6, 6.07) is 1.56. The van der Waals surface area contributed by atoms with Crippen LogP contribution in [0.3, 0.4) is 0 Å². The van der Waals surface area contributed by atoms with Gasteiger partial charge in [-0.2, -0.15) is 13.5 Å². The average Bonchev–Trinajstić information content (AvgIpc) is 2.06. The highest BCUT2D eigenvalue weighted by atomic mass is 32.2. The van der Waals surface area contributed by atoms with Gasteiger partial charge in [0.2, 0.25) is 5.88 Å². The van der Waals surface area contributed by atoms with Gasteiger partial charge in [0, 0.05) is 13.1 Å². The van der Waals surface area contributed by atoms with Crippen molar-refractivity contribution < 1.29 is 12.6 Å². The first-order valence-electron chi connectivity index (χ1n) is 3.28. The van der Waals surface area contributed by atoms with Crippen LogP contribution in [-0.2, 0) is 17.2 Å². The van der Waals surface area contributed by atoms with Gasteiger partial charge in [-0.3, -0.25) is 0 Å². The number of aromatic nitrogens is 2. The third-order valence-electron chi connectivity index (χ3n) is 1.20. The van der Waals surface area contributed by atoms with Gasteiger partial charge in [-0.1, -0.05) is 0 Å². The highest BCUT2D eigenvalue weighted by molar-refractivity contribution is 7.86. The molecule has 1 aromatic rings. The lowest BCUT2D eigenvalue weighted by Crippen LogP contribution is -2.08. The average molecular weight is 190 g/mol. The van der Waals surface area contributed by atoms with E-state index in [9.17, 15) is 8.42 Å². The Morgan fingerprint density at radius 3 is 2.50 bits per heavy atom. The summed E-state index contributed by atoms with van der Waals surface area (Å²) >= 11 is 0. The maximum atomic E-state index is 10.7. The van der Waals surface area contributed by atoms with Crippen molar-refractivity contribution >= 4 is 10.1 Å². The summed E-state index contributed by atoms with van der Waals surface area (Å²) < 4.78 is 27.4. The van der Waals surface area contributed by atoms with Crippen molar-refractivity contribution in [1.82, 2.24) is 9.78 Å². The minimum atomic E-state index is -3.45. The molecule has 1 heterocycles. The summed E-state index contributed by atoms with van der Waals surface area (Å²) in [6.45, 7) is 1.76. The third kappa shape index (κ3) is 2.23. The van der Waals surface area contributed by atoms with Crippen molar-refractivity contribution in [3.8, 4) is 5.88 Å². The Bertz CT molecular complexity index is 379. The second-order valence-electron chi connectivity index (χ2n) is 2.54. The Morgan fingerprint density at radius 2 is 2.17 bits per heavy atom. The predicted molar refractivity (Wildman–Crippen MR) is 43.4 cm³/mol. The first kappa shape index (κ1) is 9.05. The molecule has 12 heavy (non-hydrogen) atoms. The molecule has 0 radical (unpaired) electrons. The summed E-state index contributed by atoms with van der Waals surface area (Å²) in [5.41, 5.74) is 0.719. The van der Waals surface area contributed by atoms with E-state index in [-0.39, 0.29) is 5.88 Å². The van der Waals surface area contributed by atoms with E-state index in [4.69, 9.17) is 0 Å². The highest BCUT2D eigenvalue weighted by Gasteiger charge is 2.08. The van der Waals surface area contributed by atoms with Gasteiger partial charge in [0.1, 0.15) is 0 Å². The van der Waals surface area contributed by atoms with Crippen LogP contribution in [0.4, 0.5) is 0 Å². The Balaban J connectivity index is 2.97. The second kappa shape index (κ2) is 2.78. The Labute approximate surface area is 71.1 Å². The normalized spacial score (nSPS) is 11.6. The lowest BCUT2D eigenvalue weighted by molar-refractivity contribution is 0.461. The molecule has 0 saturated heterocycles. The number of hydrogen-bond donors (Lipinski definition) is 0. The van der Waals surface area contributed by atoms with Crippen LogP contribution in [0, 0.1) is 6.92 Å². The molecule has 0 fully saturated rings. The molecular weight excluding hydrogens is 180 g/mol. The molecule has 0 N–H and O–H groups in total. The molecule has 0 aliphatic heterocycles. The van der Waals surface area contributed by atoms with Crippen molar-refractivity contribution in [2.75, 3.05) is 6.26 Å². The van der Waals surface area contributed by atoms with Crippen LogP contribution < -0.4 is 4.18 Å². The molecule has 0 aliphatic rings. The van der Waals surface area contributed by atoms with Crippen LogP contribution >= 0.6 is 0 Å². The molecule has 0 aromatic carbocycles. The molecule has 68 valence electrons. The van der Waals surface area contributed by atoms with E-state index < -0.39 is 10.1 Å². The Kier molecular flexibility index (Phi) is 2.10. The van der Waals surface area contributed by atoms with E-state index in [2.05, 4.69) is 9.28 Å². The zero-order valence-electron chi connectivity index (χ0n) is 7.10. The van der Waals surface area contributed by atoms with E-state index >= 15 is 0 Å². The minimum Gasteiger partial charge on any atom is -0.362 e. The van der Waals surface area contributed by atoms with Gasteiger partial charge in [0.15, 0.2) is 0 Å². The maximum Gasteiger partial charge on any atom is 0.307 e. The Hall–Kier alpha value is -1.04. The van der Waals surface area contributed by atoms with Crippen molar-refractivity contribution in [2.45, 2.75) is 6.92 Å². The van der Waals surface area contributed by atoms with Crippen LogP contribution in [0.15, 0.2) is 6.07 Å². The van der Waals surface area contributed by atoms with Crippen LogP contribution in [0.2, 0.25) is 0 Å². The summed E-state index contributed by atoms with van der Waals surface area (Å²) in [4.78, 5) is 0. The molecule has 0 saturated carbocycles. The van der Waals surface area contributed by atoms with E-state index in [1.165, 1.54) is 4.68 Å². The quantitative estimate of drug-likeness (QED) is 0.619. The smallest absolute Gasteiger partial charge is 0.307 e. The molecule has 0 unspecified atom stereocenters. The van der Waals surface area contributed by atoms with Crippen LogP contribution in [0.25, 0.3) is 0 Å². The molecule has 1 aromatic heterocycles. The molecule has 0 aliphatic carbocycles. The van der Waals surface area contributed by atoms with E-state index in [0.29, 0.717) is 0 Å². The SMILES string of the molecule is Cc1cc(OS(C)(=O)=O)n(C)n1. The van der Waals surface area contributed by atoms with Crippen LogP contribution in [0.5, 0.6) is 5.88 Å². The van der Waals surface area contributed by atoms with E-state index in [1.54, 1.807) is 20.0 Å². The van der Waals surface area contributed by atoms with Gasteiger partial charge in [-0.05, 0) is 6.92 Å². The maximum absolute atomic E-state index is 10.7. The zero-order chi connectivity index (χ0) is 9.35. The fourth-order valence-corrected chi connectivity index (χ4v) is 1.29. The number of rotatable bonds is 2. The first-order valence-corrected chi connectivity index (χ1v) is 5.10. The zero-order valence-corrected chi connectivity index (χ0v) is 7.92. The van der Waals surface area contributed by atoms with Gasteiger partial charge in [-0.25, -0.2) is 4.68 Å². The third-order valence-corrected chi connectivity index (χ3v) is 1.67. The molecule has 0 amide bonds. The number of hydrogen-bond acceptors (Lipinski definition) is 4. The molecule has 0 bridgehead atoms. The van der Waals surface area contributed by atoms with E-state index in [1.807, 2.05) is 0 Å². The fourth-order valence-electron chi connectivity index (χ4n) is 0.820. The molecular formula is C6H10N2O3S. The second-order valence-corrected chi connectivity index (χ2v) is 4.11. The summed E-state index contributed by atoms with van der Waals surface area (Å²) in [5.74, 6) is 0.231. The van der Waals surface area contributed by atoms with Crippen LogP contribution in [-0.4, -0.2) is 24.5 Å². The lowest BCUT2D eigenvalue weighted by Gasteiger charge is -2.00. The van der Waals surface area contributed by atoms with Crippen molar-refractivity contribution in [1.29, 1.82) is 0 Å². The number of nitrogens with zero attached hydrogens (tertiary/aromatic N) is 2. The van der Waals surface area contributed by atoms with E-state index in [0.717, 1.165) is 11.9 Å². The first-order chi connectivity index (χ1) is 5.38. The molecule has 1 rings (SSSR count). The molecule has 6 heteroatoms. The van der Waals surface area contributed by atoms with Gasteiger partial charge in [0.05, 0.1) is 11.9 Å².